The average molecular weight is 338 g/mol. The van der Waals surface area contributed by atoms with Crippen LogP contribution in [0, 0.1) is 17.0 Å². The van der Waals surface area contributed by atoms with E-state index in [4.69, 9.17) is 0 Å². The highest BCUT2D eigenvalue weighted by molar-refractivity contribution is 5.83. The Morgan fingerprint density at radius 3 is 2.72 bits per heavy atom. The minimum Gasteiger partial charge on any atom is -0.376 e. The van der Waals surface area contributed by atoms with Gasteiger partial charge in [0, 0.05) is 24.0 Å². The fourth-order valence-electron chi connectivity index (χ4n) is 1.94. The number of nitrogens with one attached hydrogen (secondary N) is 2. The van der Waals surface area contributed by atoms with Crippen molar-refractivity contribution >= 4 is 29.6 Å². The Kier molecular flexibility index (Phi) is 6.41. The van der Waals surface area contributed by atoms with E-state index >= 15 is 0 Å². The van der Waals surface area contributed by atoms with Crippen molar-refractivity contribution in [3.8, 4) is 0 Å². The van der Waals surface area contributed by atoms with Crippen LogP contribution in [0.4, 0.5) is 11.4 Å². The predicted molar refractivity (Wildman–Crippen MR) is 98.4 cm³/mol. The first kappa shape index (κ1) is 17.9. The summed E-state index contributed by atoms with van der Waals surface area (Å²) < 4.78 is 0. The molecule has 0 saturated carbocycles. The molecule has 0 unspecified atom stereocenters. The molecule has 25 heavy (non-hydrogen) atoms. The van der Waals surface area contributed by atoms with Crippen LogP contribution < -0.4 is 10.7 Å². The summed E-state index contributed by atoms with van der Waals surface area (Å²) in [5, 5.41) is 17.5. The second-order valence-corrected chi connectivity index (χ2v) is 5.24. The second-order valence-electron chi connectivity index (χ2n) is 5.24. The maximum absolute atomic E-state index is 11.6. The molecule has 0 saturated heterocycles. The lowest BCUT2D eigenvalue weighted by Gasteiger charge is -2.05. The molecule has 7 heteroatoms. The summed E-state index contributed by atoms with van der Waals surface area (Å²) in [6, 6.07) is 13.9. The molecule has 0 atom stereocenters. The Labute approximate surface area is 145 Å². The molecule has 7 nitrogen and oxygen atoms in total. The predicted octanol–water partition coefficient (Wildman–Crippen LogP) is 3.13. The van der Waals surface area contributed by atoms with E-state index < -0.39 is 4.92 Å². The van der Waals surface area contributed by atoms with Crippen molar-refractivity contribution in [1.82, 2.24) is 5.43 Å². The third-order valence-electron chi connectivity index (χ3n) is 3.22. The zero-order valence-corrected chi connectivity index (χ0v) is 13.7. The van der Waals surface area contributed by atoms with E-state index in [0.29, 0.717) is 5.56 Å². The number of nitro groups is 1. The third kappa shape index (κ3) is 6.26. The van der Waals surface area contributed by atoms with E-state index in [1.807, 2.05) is 31.2 Å². The Morgan fingerprint density at radius 2 is 2.00 bits per heavy atom. The normalized spacial score (nSPS) is 10.9. The van der Waals surface area contributed by atoms with Crippen molar-refractivity contribution in [1.29, 1.82) is 0 Å². The van der Waals surface area contributed by atoms with Gasteiger partial charge in [-0.1, -0.05) is 35.9 Å². The van der Waals surface area contributed by atoms with Crippen molar-refractivity contribution in [2.75, 3.05) is 11.9 Å². The van der Waals surface area contributed by atoms with E-state index in [1.165, 1.54) is 18.3 Å². The third-order valence-corrected chi connectivity index (χ3v) is 3.22. The van der Waals surface area contributed by atoms with Gasteiger partial charge in [-0.05, 0) is 30.7 Å². The highest BCUT2D eigenvalue weighted by Crippen LogP contribution is 2.13. The molecule has 2 aromatic rings. The topological polar surface area (TPSA) is 96.6 Å². The molecule has 0 aliphatic carbocycles. The molecular formula is C18H18N4O3. The van der Waals surface area contributed by atoms with Crippen LogP contribution in [0.25, 0.3) is 6.08 Å². The molecule has 128 valence electrons. The minimum absolute atomic E-state index is 0.0228. The fraction of sp³-hybridized carbons (Fsp3) is 0.111. The molecule has 0 fully saturated rings. The number of nitrogens with zero attached hydrogens (tertiary/aromatic N) is 2. The van der Waals surface area contributed by atoms with Crippen LogP contribution in [-0.2, 0) is 4.79 Å². The average Bonchev–Trinajstić information content (AvgIpc) is 2.61. The summed E-state index contributed by atoms with van der Waals surface area (Å²) in [5.41, 5.74) is 5.09. The van der Waals surface area contributed by atoms with Crippen LogP contribution in [0.15, 0.2) is 59.7 Å². The number of hydrazone groups is 1. The van der Waals surface area contributed by atoms with Crippen molar-refractivity contribution in [2.24, 2.45) is 5.10 Å². The number of allylic oxidation sites excluding steroid dienone is 1. The smallest absolute Gasteiger partial charge is 0.270 e. The lowest BCUT2D eigenvalue weighted by Crippen LogP contribution is -2.25. The van der Waals surface area contributed by atoms with E-state index in [1.54, 1.807) is 24.3 Å². The fourth-order valence-corrected chi connectivity index (χ4v) is 1.94. The Hall–Kier alpha value is -3.48. The molecule has 2 aromatic carbocycles. The maximum atomic E-state index is 11.6. The van der Waals surface area contributed by atoms with Crippen LogP contribution in [0.5, 0.6) is 0 Å². The van der Waals surface area contributed by atoms with Crippen LogP contribution in [0.3, 0.4) is 0 Å². The quantitative estimate of drug-likeness (QED) is 0.460. The molecule has 0 aliphatic rings. The van der Waals surface area contributed by atoms with Crippen LogP contribution >= 0.6 is 0 Å². The molecule has 0 bridgehead atoms. The maximum Gasteiger partial charge on any atom is 0.270 e. The summed E-state index contributed by atoms with van der Waals surface area (Å²) in [4.78, 5) is 21.9. The van der Waals surface area contributed by atoms with Crippen LogP contribution in [-0.4, -0.2) is 23.6 Å². The highest BCUT2D eigenvalue weighted by atomic mass is 16.6. The molecule has 2 rings (SSSR count). The van der Waals surface area contributed by atoms with E-state index in [2.05, 4.69) is 15.8 Å². The summed E-state index contributed by atoms with van der Waals surface area (Å²) in [5.74, 6) is -0.277. The number of carbonyl (C=O) groups is 1. The van der Waals surface area contributed by atoms with Gasteiger partial charge in [-0.3, -0.25) is 14.9 Å². The second kappa shape index (κ2) is 8.97. The van der Waals surface area contributed by atoms with Crippen molar-refractivity contribution in [3.05, 3.63) is 75.8 Å². The molecule has 0 radical (unpaired) electrons. The highest BCUT2D eigenvalue weighted by Gasteiger charge is 2.03. The summed E-state index contributed by atoms with van der Waals surface area (Å²) in [6.45, 7) is 2.10. The Bertz CT molecular complexity index is 798. The van der Waals surface area contributed by atoms with E-state index in [-0.39, 0.29) is 18.1 Å². The summed E-state index contributed by atoms with van der Waals surface area (Å²) in [7, 11) is 0. The van der Waals surface area contributed by atoms with Crippen LogP contribution in [0.2, 0.25) is 0 Å². The number of amides is 1. The molecule has 0 heterocycles. The number of benzene rings is 2. The van der Waals surface area contributed by atoms with Gasteiger partial charge >= 0.3 is 0 Å². The van der Waals surface area contributed by atoms with Gasteiger partial charge in [-0.2, -0.15) is 5.10 Å². The number of rotatable bonds is 7. The van der Waals surface area contributed by atoms with Crippen molar-refractivity contribution < 1.29 is 9.72 Å². The first-order valence-corrected chi connectivity index (χ1v) is 7.58. The molecule has 0 aliphatic heterocycles. The van der Waals surface area contributed by atoms with Gasteiger partial charge in [0.05, 0.1) is 11.5 Å². The van der Waals surface area contributed by atoms with Gasteiger partial charge in [-0.25, -0.2) is 5.43 Å². The molecule has 0 aromatic heterocycles. The Balaban J connectivity index is 1.76. The number of aryl methyl sites for hydroxylation is 1. The number of nitro benzene ring substituents is 1. The number of non-ortho nitro benzene ring substituents is 1. The first-order chi connectivity index (χ1) is 12.0. The SMILES string of the molecule is Cc1ccc(NCC(=O)N/N=C/C=C/c2cccc([N+](=O)[O-])c2)cc1. The van der Waals surface area contributed by atoms with Gasteiger partial charge in [-0.15, -0.1) is 0 Å². The minimum atomic E-state index is -0.452. The van der Waals surface area contributed by atoms with E-state index in [0.717, 1.165) is 11.3 Å². The Morgan fingerprint density at radius 1 is 1.24 bits per heavy atom. The summed E-state index contributed by atoms with van der Waals surface area (Å²) >= 11 is 0. The zero-order valence-electron chi connectivity index (χ0n) is 13.7. The summed E-state index contributed by atoms with van der Waals surface area (Å²) in [6.07, 6.45) is 4.66. The standard InChI is InChI=1S/C18H18N4O3/c1-14-7-9-16(10-8-14)19-13-18(23)21-20-11-3-5-15-4-2-6-17(12-15)22(24)25/h2-12,19H,13H2,1H3,(H,21,23)/b5-3+,20-11+. The van der Waals surface area contributed by atoms with Gasteiger partial charge < -0.3 is 5.32 Å². The lowest BCUT2D eigenvalue weighted by atomic mass is 10.2. The zero-order chi connectivity index (χ0) is 18.1. The molecule has 2 N–H and O–H groups in total. The number of hydrogen-bond donors (Lipinski definition) is 2. The number of carbonyl (C=O) groups excluding carboxylic acids is 1. The monoisotopic (exact) mass is 338 g/mol. The molecular weight excluding hydrogens is 320 g/mol. The largest absolute Gasteiger partial charge is 0.376 e. The van der Waals surface area contributed by atoms with Gasteiger partial charge in [0.1, 0.15) is 0 Å². The number of hydrogen-bond acceptors (Lipinski definition) is 5. The van der Waals surface area contributed by atoms with E-state index in [9.17, 15) is 14.9 Å². The van der Waals surface area contributed by atoms with Gasteiger partial charge in [0.2, 0.25) is 0 Å². The molecule has 0 spiro atoms. The number of anilines is 1. The van der Waals surface area contributed by atoms with Crippen LogP contribution in [0.1, 0.15) is 11.1 Å². The van der Waals surface area contributed by atoms with Gasteiger partial charge in [0.25, 0.3) is 11.6 Å². The van der Waals surface area contributed by atoms with Crippen molar-refractivity contribution in [3.63, 3.8) is 0 Å². The van der Waals surface area contributed by atoms with Crippen molar-refractivity contribution in [2.45, 2.75) is 6.92 Å². The molecule has 1 amide bonds. The lowest BCUT2D eigenvalue weighted by molar-refractivity contribution is -0.384. The van der Waals surface area contributed by atoms with Gasteiger partial charge in [0.15, 0.2) is 0 Å². The first-order valence-electron chi connectivity index (χ1n) is 7.58.